The molecule has 0 saturated carbocycles. The van der Waals surface area contributed by atoms with Crippen molar-refractivity contribution < 1.29 is 5.11 Å². The molecule has 0 spiro atoms. The van der Waals surface area contributed by atoms with Crippen LogP contribution in [0.2, 0.25) is 0 Å². The van der Waals surface area contributed by atoms with E-state index in [2.05, 4.69) is 31.2 Å². The van der Waals surface area contributed by atoms with E-state index in [1.807, 2.05) is 67.4 Å². The van der Waals surface area contributed by atoms with Gasteiger partial charge >= 0.3 is 0 Å². The van der Waals surface area contributed by atoms with Crippen molar-refractivity contribution in [3.8, 4) is 6.07 Å². The van der Waals surface area contributed by atoms with Gasteiger partial charge in [0.05, 0.1) is 12.1 Å². The van der Waals surface area contributed by atoms with Crippen LogP contribution < -0.4 is 0 Å². The van der Waals surface area contributed by atoms with Gasteiger partial charge in [0.2, 0.25) is 0 Å². The molecule has 0 aromatic heterocycles. The molecule has 0 amide bonds. The zero-order chi connectivity index (χ0) is 19.6. The van der Waals surface area contributed by atoms with Crippen molar-refractivity contribution in [3.05, 3.63) is 83.6 Å². The lowest BCUT2D eigenvalue weighted by atomic mass is 9.92. The van der Waals surface area contributed by atoms with Gasteiger partial charge in [0.25, 0.3) is 0 Å². The Balaban J connectivity index is 2.24. The average Bonchev–Trinajstić information content (AvgIpc) is 2.73. The third-order valence-corrected chi connectivity index (χ3v) is 5.16. The Morgan fingerprint density at radius 1 is 1.07 bits per heavy atom. The molecule has 3 atom stereocenters. The molecule has 2 rings (SSSR count). The van der Waals surface area contributed by atoms with Gasteiger partial charge in [-0.05, 0) is 30.5 Å². The van der Waals surface area contributed by atoms with Crippen molar-refractivity contribution in [2.45, 2.75) is 51.2 Å². The van der Waals surface area contributed by atoms with E-state index >= 15 is 0 Å². The molecule has 0 radical (unpaired) electrons. The number of nitrogens with zero attached hydrogens (tertiary/aromatic N) is 2. The van der Waals surface area contributed by atoms with Crippen LogP contribution in [0.25, 0.3) is 0 Å². The lowest BCUT2D eigenvalue weighted by molar-refractivity contribution is 0.0911. The molecular weight excluding hydrogens is 332 g/mol. The highest BCUT2D eigenvalue weighted by atomic mass is 16.3. The summed E-state index contributed by atoms with van der Waals surface area (Å²) in [4.78, 5) is 1.89. The Labute approximate surface area is 163 Å². The normalized spacial score (nSPS) is 14.9. The van der Waals surface area contributed by atoms with E-state index in [0.29, 0.717) is 5.70 Å². The largest absolute Gasteiger partial charge is 0.386 e. The average molecular weight is 363 g/mol. The molecular formula is C24H30N2O. The molecule has 2 aromatic rings. The molecule has 0 heterocycles. The summed E-state index contributed by atoms with van der Waals surface area (Å²) in [5.41, 5.74) is 2.69. The van der Waals surface area contributed by atoms with E-state index < -0.39 is 6.10 Å². The van der Waals surface area contributed by atoms with Crippen LogP contribution in [0.5, 0.6) is 0 Å². The van der Waals surface area contributed by atoms with E-state index in [1.54, 1.807) is 0 Å². The molecule has 142 valence electrons. The molecule has 27 heavy (non-hydrogen) atoms. The first-order chi connectivity index (χ1) is 13.1. The van der Waals surface area contributed by atoms with Crippen molar-refractivity contribution in [3.63, 3.8) is 0 Å². The summed E-state index contributed by atoms with van der Waals surface area (Å²) in [7, 11) is 1.88. The predicted octanol–water partition coefficient (Wildman–Crippen LogP) is 5.42. The maximum absolute atomic E-state index is 10.7. The monoisotopic (exact) mass is 362 g/mol. The van der Waals surface area contributed by atoms with Gasteiger partial charge in [-0.25, -0.2) is 0 Å². The minimum Gasteiger partial charge on any atom is -0.386 e. The van der Waals surface area contributed by atoms with Crippen LogP contribution >= 0.6 is 0 Å². The number of benzene rings is 2. The molecule has 1 N–H and O–H groups in total. The zero-order valence-electron chi connectivity index (χ0n) is 16.5. The Morgan fingerprint density at radius 3 is 2.15 bits per heavy atom. The molecule has 0 saturated heterocycles. The first-order valence-corrected chi connectivity index (χ1v) is 9.71. The van der Waals surface area contributed by atoms with Crippen molar-refractivity contribution in [2.24, 2.45) is 0 Å². The van der Waals surface area contributed by atoms with Crippen molar-refractivity contribution in [1.29, 1.82) is 5.26 Å². The predicted molar refractivity (Wildman–Crippen MR) is 111 cm³/mol. The Morgan fingerprint density at radius 2 is 1.63 bits per heavy atom. The fourth-order valence-corrected chi connectivity index (χ4v) is 3.25. The maximum Gasteiger partial charge on any atom is 0.117 e. The first kappa shape index (κ1) is 20.7. The minimum atomic E-state index is -0.654. The molecule has 3 nitrogen and oxygen atoms in total. The van der Waals surface area contributed by atoms with Crippen molar-refractivity contribution >= 4 is 0 Å². The van der Waals surface area contributed by atoms with E-state index in [1.165, 1.54) is 5.56 Å². The van der Waals surface area contributed by atoms with E-state index in [0.717, 1.165) is 24.8 Å². The highest BCUT2D eigenvalue weighted by molar-refractivity contribution is 5.30. The van der Waals surface area contributed by atoms with Crippen LogP contribution in [-0.2, 0) is 0 Å². The SMILES string of the molecule is CCCC[C@@H](/C=C(\C#N)N(C)[C@@H](C)[C@H](O)c1ccccc1)c1ccccc1. The number of aliphatic hydroxyl groups is 1. The van der Waals surface area contributed by atoms with E-state index in [9.17, 15) is 10.4 Å². The standard InChI is InChI=1S/C24H30N2O/c1-4-5-12-22(20-13-8-6-9-14-20)17-23(18-25)26(3)19(2)24(27)21-15-10-7-11-16-21/h6-11,13-17,19,22,24,27H,4-5,12H2,1-3H3/b23-17+/t19-,22-,24-/m0/s1. The van der Waals surface area contributed by atoms with Gasteiger partial charge in [-0.1, -0.05) is 80.4 Å². The van der Waals surface area contributed by atoms with Gasteiger partial charge < -0.3 is 10.0 Å². The van der Waals surface area contributed by atoms with Crippen molar-refractivity contribution in [2.75, 3.05) is 7.05 Å². The second kappa shape index (κ2) is 10.5. The lowest BCUT2D eigenvalue weighted by Crippen LogP contribution is -2.33. The van der Waals surface area contributed by atoms with Crippen molar-refractivity contribution in [1.82, 2.24) is 4.90 Å². The highest BCUT2D eigenvalue weighted by Crippen LogP contribution is 2.28. The van der Waals surface area contributed by atoms with Crippen LogP contribution in [0, 0.1) is 11.3 Å². The summed E-state index contributed by atoms with van der Waals surface area (Å²) in [6.45, 7) is 4.13. The zero-order valence-corrected chi connectivity index (χ0v) is 16.5. The van der Waals surface area contributed by atoms with Gasteiger partial charge in [0.15, 0.2) is 0 Å². The summed E-state index contributed by atoms with van der Waals surface area (Å²) >= 11 is 0. The number of rotatable bonds is 9. The van der Waals surface area contributed by atoms with Gasteiger partial charge in [-0.2, -0.15) is 5.26 Å². The number of nitriles is 1. The first-order valence-electron chi connectivity index (χ1n) is 9.71. The summed E-state index contributed by atoms with van der Waals surface area (Å²) in [6, 6.07) is 22.1. The molecule has 0 aliphatic rings. The number of unbranched alkanes of at least 4 members (excludes halogenated alkanes) is 1. The summed E-state index contributed by atoms with van der Waals surface area (Å²) in [5, 5.41) is 20.5. The topological polar surface area (TPSA) is 47.3 Å². The quantitative estimate of drug-likeness (QED) is 0.606. The van der Waals surface area contributed by atoms with E-state index in [-0.39, 0.29) is 12.0 Å². The van der Waals surface area contributed by atoms with Gasteiger partial charge in [-0.3, -0.25) is 0 Å². The summed E-state index contributed by atoms with van der Waals surface area (Å²) in [5.74, 6) is 0.198. The van der Waals surface area contributed by atoms with Gasteiger partial charge in [0, 0.05) is 13.0 Å². The number of likely N-dealkylation sites (N-methyl/N-ethyl adjacent to an activating group) is 1. The number of hydrogen-bond donors (Lipinski definition) is 1. The van der Waals surface area contributed by atoms with Gasteiger partial charge in [-0.15, -0.1) is 0 Å². The second-order valence-corrected chi connectivity index (χ2v) is 7.03. The fourth-order valence-electron chi connectivity index (χ4n) is 3.25. The highest BCUT2D eigenvalue weighted by Gasteiger charge is 2.23. The maximum atomic E-state index is 10.7. The Bertz CT molecular complexity index is 749. The smallest absolute Gasteiger partial charge is 0.117 e. The second-order valence-electron chi connectivity index (χ2n) is 7.03. The van der Waals surface area contributed by atoms with Crippen LogP contribution in [0.3, 0.4) is 0 Å². The molecule has 0 bridgehead atoms. The van der Waals surface area contributed by atoms with Crippen LogP contribution in [0.4, 0.5) is 0 Å². The molecule has 3 heteroatoms. The van der Waals surface area contributed by atoms with Crippen LogP contribution in [0.15, 0.2) is 72.4 Å². The third-order valence-electron chi connectivity index (χ3n) is 5.16. The molecule has 2 aromatic carbocycles. The van der Waals surface area contributed by atoms with Gasteiger partial charge in [0.1, 0.15) is 11.8 Å². The third kappa shape index (κ3) is 5.70. The number of hydrogen-bond acceptors (Lipinski definition) is 3. The van der Waals surface area contributed by atoms with Crippen LogP contribution in [0.1, 0.15) is 56.3 Å². The van der Waals surface area contributed by atoms with Crippen LogP contribution in [-0.4, -0.2) is 23.1 Å². The Hall–Kier alpha value is -2.57. The number of allylic oxidation sites excluding steroid dienone is 2. The molecule has 0 fully saturated rings. The summed E-state index contributed by atoms with van der Waals surface area (Å²) in [6.07, 6.45) is 4.64. The molecule has 0 aliphatic carbocycles. The molecule has 0 aliphatic heterocycles. The number of aliphatic hydroxyl groups excluding tert-OH is 1. The Kier molecular flexibility index (Phi) is 8.10. The fraction of sp³-hybridized carbons (Fsp3) is 0.375. The van der Waals surface area contributed by atoms with E-state index in [4.69, 9.17) is 0 Å². The lowest BCUT2D eigenvalue weighted by Gasteiger charge is -2.31. The summed E-state index contributed by atoms with van der Waals surface area (Å²) < 4.78 is 0. The molecule has 0 unspecified atom stereocenters. The minimum absolute atomic E-state index is 0.198.